The van der Waals surface area contributed by atoms with E-state index in [1.54, 1.807) is 17.4 Å². The molecule has 0 atom stereocenters. The zero-order valence-electron chi connectivity index (χ0n) is 10.9. The fraction of sp³-hybridized carbons (Fsp3) is 0.231. The fourth-order valence-corrected chi connectivity index (χ4v) is 3.13. The van der Waals surface area contributed by atoms with E-state index in [9.17, 15) is 10.1 Å². The maximum absolute atomic E-state index is 10.8. The molecular formula is C13H14BrN3O2S. The summed E-state index contributed by atoms with van der Waals surface area (Å²) < 4.78 is 1.09. The number of thiophene rings is 1. The summed E-state index contributed by atoms with van der Waals surface area (Å²) in [5.74, 6) is 0. The second kappa shape index (κ2) is 6.34. The van der Waals surface area contributed by atoms with Gasteiger partial charge in [-0.2, -0.15) is 0 Å². The molecule has 0 fully saturated rings. The van der Waals surface area contributed by atoms with Crippen LogP contribution in [-0.2, 0) is 13.1 Å². The molecule has 0 spiro atoms. The van der Waals surface area contributed by atoms with E-state index in [1.807, 2.05) is 7.05 Å². The van der Waals surface area contributed by atoms with Crippen LogP contribution in [0.5, 0.6) is 0 Å². The molecule has 1 aromatic heterocycles. The predicted octanol–water partition coefficient (Wildman–Crippen LogP) is 3.63. The first-order chi connectivity index (χ1) is 9.45. The molecule has 7 heteroatoms. The highest BCUT2D eigenvalue weighted by Gasteiger charge is 2.11. The number of rotatable bonds is 5. The highest BCUT2D eigenvalue weighted by molar-refractivity contribution is 9.11. The van der Waals surface area contributed by atoms with Gasteiger partial charge >= 0.3 is 0 Å². The molecule has 5 nitrogen and oxygen atoms in total. The van der Waals surface area contributed by atoms with Crippen LogP contribution >= 0.6 is 27.3 Å². The van der Waals surface area contributed by atoms with Gasteiger partial charge in [0.2, 0.25) is 0 Å². The van der Waals surface area contributed by atoms with Crippen LogP contribution in [0.4, 0.5) is 11.4 Å². The van der Waals surface area contributed by atoms with Crippen LogP contribution in [0.1, 0.15) is 11.1 Å². The third-order valence-electron chi connectivity index (χ3n) is 2.85. The molecule has 0 radical (unpaired) electrons. The van der Waals surface area contributed by atoms with Gasteiger partial charge in [-0.25, -0.2) is 0 Å². The molecule has 106 valence electrons. The van der Waals surface area contributed by atoms with E-state index in [0.29, 0.717) is 12.2 Å². The van der Waals surface area contributed by atoms with Gasteiger partial charge in [-0.05, 0) is 51.6 Å². The zero-order valence-corrected chi connectivity index (χ0v) is 13.3. The van der Waals surface area contributed by atoms with Gasteiger partial charge in [0, 0.05) is 30.9 Å². The molecule has 0 aliphatic heterocycles. The van der Waals surface area contributed by atoms with E-state index in [2.05, 4.69) is 32.3 Å². The summed E-state index contributed by atoms with van der Waals surface area (Å²) in [5, 5.41) is 12.9. The summed E-state index contributed by atoms with van der Waals surface area (Å²) in [5.41, 5.74) is 8.50. The first kappa shape index (κ1) is 15.0. The minimum Gasteiger partial charge on any atom is -0.398 e. The van der Waals surface area contributed by atoms with Crippen molar-refractivity contribution in [3.05, 3.63) is 54.7 Å². The lowest BCUT2D eigenvalue weighted by molar-refractivity contribution is -0.384. The van der Waals surface area contributed by atoms with Crippen molar-refractivity contribution in [3.8, 4) is 0 Å². The van der Waals surface area contributed by atoms with E-state index >= 15 is 0 Å². The first-order valence-corrected chi connectivity index (χ1v) is 7.57. The Labute approximate surface area is 129 Å². The fourth-order valence-electron chi connectivity index (χ4n) is 1.93. The molecule has 0 aliphatic carbocycles. The second-order valence-electron chi connectivity index (χ2n) is 4.57. The first-order valence-electron chi connectivity index (χ1n) is 5.90. The van der Waals surface area contributed by atoms with Gasteiger partial charge < -0.3 is 5.73 Å². The van der Waals surface area contributed by atoms with Crippen molar-refractivity contribution in [2.45, 2.75) is 13.1 Å². The molecule has 0 saturated carbocycles. The second-order valence-corrected chi connectivity index (χ2v) is 6.86. The van der Waals surface area contributed by atoms with Gasteiger partial charge in [-0.15, -0.1) is 11.3 Å². The highest BCUT2D eigenvalue weighted by Crippen LogP contribution is 2.24. The third kappa shape index (κ3) is 3.78. The van der Waals surface area contributed by atoms with Gasteiger partial charge in [0.25, 0.3) is 5.69 Å². The van der Waals surface area contributed by atoms with E-state index in [-0.39, 0.29) is 5.69 Å². The lowest BCUT2D eigenvalue weighted by atomic mass is 10.1. The number of benzene rings is 1. The standard InChI is InChI=1S/C13H14BrN3O2S/c1-16(6-9-4-13(14)20-8-9)7-10-5-11(17(18)19)2-3-12(10)15/h2-5,8H,6-7,15H2,1H3. The maximum Gasteiger partial charge on any atom is 0.269 e. The molecule has 0 amide bonds. The summed E-state index contributed by atoms with van der Waals surface area (Å²) >= 11 is 5.07. The summed E-state index contributed by atoms with van der Waals surface area (Å²) in [6.45, 7) is 1.34. The summed E-state index contributed by atoms with van der Waals surface area (Å²) in [6.07, 6.45) is 0. The Bertz CT molecular complexity index is 630. The highest BCUT2D eigenvalue weighted by atomic mass is 79.9. The molecule has 0 aliphatic rings. The summed E-state index contributed by atoms with van der Waals surface area (Å²) in [4.78, 5) is 12.5. The number of nitrogen functional groups attached to an aromatic ring is 1. The van der Waals surface area contributed by atoms with Crippen molar-refractivity contribution in [2.75, 3.05) is 12.8 Å². The van der Waals surface area contributed by atoms with Gasteiger partial charge in [-0.1, -0.05) is 0 Å². The minimum absolute atomic E-state index is 0.0703. The van der Waals surface area contributed by atoms with Crippen molar-refractivity contribution in [1.82, 2.24) is 4.90 Å². The Morgan fingerprint density at radius 2 is 2.15 bits per heavy atom. The van der Waals surface area contributed by atoms with Crippen molar-refractivity contribution in [1.29, 1.82) is 0 Å². The predicted molar refractivity (Wildman–Crippen MR) is 84.7 cm³/mol. The SMILES string of the molecule is CN(Cc1csc(Br)c1)Cc1cc([N+](=O)[O-])ccc1N. The Morgan fingerprint density at radius 1 is 1.40 bits per heavy atom. The number of anilines is 1. The quantitative estimate of drug-likeness (QED) is 0.504. The number of hydrogen-bond donors (Lipinski definition) is 1. The Kier molecular flexibility index (Phi) is 4.74. The lowest BCUT2D eigenvalue weighted by Gasteiger charge is -2.17. The van der Waals surface area contributed by atoms with Gasteiger partial charge in [0.1, 0.15) is 0 Å². The molecule has 20 heavy (non-hydrogen) atoms. The number of nitro benzene ring substituents is 1. The van der Waals surface area contributed by atoms with E-state index < -0.39 is 4.92 Å². The van der Waals surface area contributed by atoms with Crippen molar-refractivity contribution in [2.24, 2.45) is 0 Å². The number of nitrogens with two attached hydrogens (primary N) is 1. The van der Waals surface area contributed by atoms with Crippen LogP contribution in [0.3, 0.4) is 0 Å². The molecule has 2 N–H and O–H groups in total. The Balaban J connectivity index is 2.08. The topological polar surface area (TPSA) is 72.4 Å². The molecule has 0 unspecified atom stereocenters. The number of nitrogens with zero attached hydrogens (tertiary/aromatic N) is 2. The minimum atomic E-state index is -0.404. The third-order valence-corrected chi connectivity index (χ3v) is 4.41. The van der Waals surface area contributed by atoms with E-state index in [4.69, 9.17) is 5.73 Å². The number of non-ortho nitro benzene ring substituents is 1. The van der Waals surface area contributed by atoms with Crippen LogP contribution in [0.15, 0.2) is 33.4 Å². The average molecular weight is 356 g/mol. The normalized spacial score (nSPS) is 10.9. The van der Waals surface area contributed by atoms with Crippen LogP contribution in [0.2, 0.25) is 0 Å². The van der Waals surface area contributed by atoms with Crippen LogP contribution in [-0.4, -0.2) is 16.9 Å². The number of hydrogen-bond acceptors (Lipinski definition) is 5. The van der Waals surface area contributed by atoms with Gasteiger partial charge in [0.05, 0.1) is 8.71 Å². The van der Waals surface area contributed by atoms with Crippen molar-refractivity contribution >= 4 is 38.6 Å². The van der Waals surface area contributed by atoms with Crippen molar-refractivity contribution < 1.29 is 4.92 Å². The molecule has 1 aromatic carbocycles. The monoisotopic (exact) mass is 355 g/mol. The number of halogens is 1. The molecule has 1 heterocycles. The average Bonchev–Trinajstić information content (AvgIpc) is 2.77. The van der Waals surface area contributed by atoms with Crippen LogP contribution in [0.25, 0.3) is 0 Å². The summed E-state index contributed by atoms with van der Waals surface area (Å²) in [6, 6.07) is 6.62. The molecule has 2 rings (SSSR count). The van der Waals surface area contributed by atoms with E-state index in [0.717, 1.165) is 15.9 Å². The zero-order chi connectivity index (χ0) is 14.7. The maximum atomic E-state index is 10.8. The van der Waals surface area contributed by atoms with Crippen LogP contribution in [0, 0.1) is 10.1 Å². The molecule has 0 bridgehead atoms. The Hall–Kier alpha value is -1.44. The number of nitro groups is 1. The largest absolute Gasteiger partial charge is 0.398 e. The lowest BCUT2D eigenvalue weighted by Crippen LogP contribution is -2.17. The molecular weight excluding hydrogens is 342 g/mol. The van der Waals surface area contributed by atoms with Crippen LogP contribution < -0.4 is 5.73 Å². The smallest absolute Gasteiger partial charge is 0.269 e. The molecule has 0 saturated heterocycles. The Morgan fingerprint density at radius 3 is 2.75 bits per heavy atom. The summed E-state index contributed by atoms with van der Waals surface area (Å²) in [7, 11) is 1.96. The van der Waals surface area contributed by atoms with Crippen molar-refractivity contribution in [3.63, 3.8) is 0 Å². The molecule has 2 aromatic rings. The van der Waals surface area contributed by atoms with Gasteiger partial charge in [-0.3, -0.25) is 15.0 Å². The van der Waals surface area contributed by atoms with E-state index in [1.165, 1.54) is 17.7 Å². The van der Waals surface area contributed by atoms with Gasteiger partial charge in [0.15, 0.2) is 0 Å².